The summed E-state index contributed by atoms with van der Waals surface area (Å²) in [5.41, 5.74) is 1.23. The zero-order valence-electron chi connectivity index (χ0n) is 8.65. The molecule has 0 spiro atoms. The molecule has 3 nitrogen and oxygen atoms in total. The summed E-state index contributed by atoms with van der Waals surface area (Å²) < 4.78 is 0.663. The van der Waals surface area contributed by atoms with Crippen molar-refractivity contribution in [3.63, 3.8) is 0 Å². The van der Waals surface area contributed by atoms with Gasteiger partial charge in [0.25, 0.3) is 5.91 Å². The molecule has 0 unspecified atom stereocenters. The molecule has 0 aliphatic rings. The van der Waals surface area contributed by atoms with E-state index in [-0.39, 0.29) is 5.91 Å². The molecule has 1 heterocycles. The minimum Gasteiger partial charge on any atom is -0.322 e. The van der Waals surface area contributed by atoms with E-state index in [1.807, 2.05) is 0 Å². The Labute approximate surface area is 112 Å². The molecule has 0 atom stereocenters. The van der Waals surface area contributed by atoms with E-state index in [2.05, 4.69) is 26.2 Å². The highest BCUT2D eigenvalue weighted by atomic mass is 79.9. The number of rotatable bonds is 2. The first-order valence-corrected chi connectivity index (χ1v) is 6.00. The van der Waals surface area contributed by atoms with E-state index in [0.29, 0.717) is 20.7 Å². The maximum Gasteiger partial charge on any atom is 0.256 e. The fourth-order valence-corrected chi connectivity index (χ4v) is 2.17. The van der Waals surface area contributed by atoms with Gasteiger partial charge in [-0.25, -0.2) is 0 Å². The van der Waals surface area contributed by atoms with Crippen LogP contribution in [0.3, 0.4) is 0 Å². The molecule has 1 amide bonds. The second-order valence-corrected chi connectivity index (χ2v) is 4.60. The van der Waals surface area contributed by atoms with Crippen LogP contribution in [0.4, 0.5) is 5.69 Å². The third kappa shape index (κ3) is 3.05. The summed E-state index contributed by atoms with van der Waals surface area (Å²) in [5.74, 6) is -0.195. The van der Waals surface area contributed by atoms with Gasteiger partial charge >= 0.3 is 0 Å². The smallest absolute Gasteiger partial charge is 0.256 e. The highest BCUT2D eigenvalue weighted by Crippen LogP contribution is 2.22. The molecule has 17 heavy (non-hydrogen) atoms. The maximum atomic E-state index is 11.9. The van der Waals surface area contributed by atoms with Crippen LogP contribution in [-0.4, -0.2) is 10.9 Å². The summed E-state index contributed by atoms with van der Waals surface area (Å²) in [5, 5.41) is 3.35. The summed E-state index contributed by atoms with van der Waals surface area (Å²) in [6, 6.07) is 8.48. The van der Waals surface area contributed by atoms with E-state index < -0.39 is 0 Å². The van der Waals surface area contributed by atoms with E-state index in [4.69, 9.17) is 11.6 Å². The lowest BCUT2D eigenvalue weighted by molar-refractivity contribution is 0.102. The van der Waals surface area contributed by atoms with Crippen molar-refractivity contribution in [1.29, 1.82) is 0 Å². The molecule has 1 aromatic carbocycles. The Morgan fingerprint density at radius 3 is 2.59 bits per heavy atom. The molecule has 2 aromatic rings. The van der Waals surface area contributed by atoms with Crippen LogP contribution in [-0.2, 0) is 0 Å². The van der Waals surface area contributed by atoms with Crippen molar-refractivity contribution in [3.8, 4) is 0 Å². The van der Waals surface area contributed by atoms with Crippen molar-refractivity contribution in [2.24, 2.45) is 0 Å². The monoisotopic (exact) mass is 310 g/mol. The lowest BCUT2D eigenvalue weighted by atomic mass is 10.2. The molecule has 0 aliphatic heterocycles. The van der Waals surface area contributed by atoms with Crippen LogP contribution < -0.4 is 5.32 Å². The number of nitrogens with one attached hydrogen (secondary N) is 1. The molecule has 0 aliphatic carbocycles. The molecule has 0 saturated heterocycles. The quantitative estimate of drug-likeness (QED) is 0.918. The SMILES string of the molecule is O=C(Nc1ccncc1)c1ccc(Cl)cc1Br. The number of halogens is 2. The average Bonchev–Trinajstić information content (AvgIpc) is 2.30. The summed E-state index contributed by atoms with van der Waals surface area (Å²) in [4.78, 5) is 15.8. The van der Waals surface area contributed by atoms with E-state index in [1.165, 1.54) is 0 Å². The molecule has 1 N–H and O–H groups in total. The number of hydrogen-bond donors (Lipinski definition) is 1. The van der Waals surface area contributed by atoms with Crippen LogP contribution in [0.2, 0.25) is 5.02 Å². The molecule has 2 rings (SSSR count). The number of carbonyl (C=O) groups excluding carboxylic acids is 1. The average molecular weight is 312 g/mol. The van der Waals surface area contributed by atoms with Gasteiger partial charge in [0.15, 0.2) is 0 Å². The summed E-state index contributed by atoms with van der Waals surface area (Å²) in [7, 11) is 0. The highest BCUT2D eigenvalue weighted by Gasteiger charge is 2.10. The molecule has 0 bridgehead atoms. The van der Waals surface area contributed by atoms with E-state index >= 15 is 0 Å². The number of hydrogen-bond acceptors (Lipinski definition) is 2. The first-order valence-electron chi connectivity index (χ1n) is 4.83. The van der Waals surface area contributed by atoms with Gasteiger partial charge in [0.1, 0.15) is 0 Å². The van der Waals surface area contributed by atoms with Crippen molar-refractivity contribution in [3.05, 3.63) is 57.8 Å². The Kier molecular flexibility index (Phi) is 3.76. The maximum absolute atomic E-state index is 11.9. The van der Waals surface area contributed by atoms with Crippen molar-refractivity contribution in [2.75, 3.05) is 5.32 Å². The van der Waals surface area contributed by atoms with Gasteiger partial charge in [-0.1, -0.05) is 11.6 Å². The Hall–Kier alpha value is -1.39. The van der Waals surface area contributed by atoms with Gasteiger partial charge in [0, 0.05) is 27.6 Å². The molecular formula is C12H8BrClN2O. The van der Waals surface area contributed by atoms with Gasteiger partial charge in [0.2, 0.25) is 0 Å². The first-order chi connectivity index (χ1) is 8.16. The van der Waals surface area contributed by atoms with E-state index in [1.54, 1.807) is 42.7 Å². The standard InChI is InChI=1S/C12H8BrClN2O/c13-11-7-8(14)1-2-10(11)12(17)16-9-3-5-15-6-4-9/h1-7H,(H,15,16,17). The predicted molar refractivity (Wildman–Crippen MR) is 71.3 cm³/mol. The molecule has 0 radical (unpaired) electrons. The third-order valence-electron chi connectivity index (χ3n) is 2.11. The Bertz CT molecular complexity index is 545. The van der Waals surface area contributed by atoms with E-state index in [9.17, 15) is 4.79 Å². The van der Waals surface area contributed by atoms with Crippen LogP contribution in [0.15, 0.2) is 47.2 Å². The number of pyridine rings is 1. The number of carbonyl (C=O) groups is 1. The number of nitrogens with zero attached hydrogens (tertiary/aromatic N) is 1. The number of benzene rings is 1. The molecule has 86 valence electrons. The van der Waals surface area contributed by atoms with Crippen molar-refractivity contribution >= 4 is 39.1 Å². The van der Waals surface area contributed by atoms with Crippen molar-refractivity contribution < 1.29 is 4.79 Å². The molecular weight excluding hydrogens is 304 g/mol. The molecule has 5 heteroatoms. The molecule has 1 aromatic heterocycles. The minimum absolute atomic E-state index is 0.195. The van der Waals surface area contributed by atoms with Gasteiger partial charge < -0.3 is 5.32 Å². The second-order valence-electron chi connectivity index (χ2n) is 3.31. The zero-order valence-corrected chi connectivity index (χ0v) is 11.0. The fraction of sp³-hybridized carbons (Fsp3) is 0. The van der Waals surface area contributed by atoms with Crippen molar-refractivity contribution in [1.82, 2.24) is 4.98 Å². The summed E-state index contributed by atoms with van der Waals surface area (Å²) in [6.07, 6.45) is 3.24. The van der Waals surface area contributed by atoms with Gasteiger partial charge in [-0.05, 0) is 46.3 Å². The minimum atomic E-state index is -0.195. The normalized spacial score (nSPS) is 10.0. The Balaban J connectivity index is 2.21. The number of aromatic nitrogens is 1. The van der Waals surface area contributed by atoms with Crippen LogP contribution >= 0.6 is 27.5 Å². The fourth-order valence-electron chi connectivity index (χ4n) is 1.31. The highest BCUT2D eigenvalue weighted by molar-refractivity contribution is 9.10. The van der Waals surface area contributed by atoms with Crippen LogP contribution in [0.5, 0.6) is 0 Å². The van der Waals surface area contributed by atoms with E-state index in [0.717, 1.165) is 0 Å². The van der Waals surface area contributed by atoms with Crippen LogP contribution in [0, 0.1) is 0 Å². The first kappa shape index (κ1) is 12.1. The predicted octanol–water partition coefficient (Wildman–Crippen LogP) is 3.75. The Morgan fingerprint density at radius 1 is 1.24 bits per heavy atom. The van der Waals surface area contributed by atoms with Gasteiger partial charge in [-0.3, -0.25) is 9.78 Å². The van der Waals surface area contributed by atoms with Crippen molar-refractivity contribution in [2.45, 2.75) is 0 Å². The van der Waals surface area contributed by atoms with Gasteiger partial charge in [-0.2, -0.15) is 0 Å². The lowest BCUT2D eigenvalue weighted by Crippen LogP contribution is -2.12. The van der Waals surface area contributed by atoms with Gasteiger partial charge in [-0.15, -0.1) is 0 Å². The second kappa shape index (κ2) is 5.29. The number of anilines is 1. The van der Waals surface area contributed by atoms with Gasteiger partial charge in [0.05, 0.1) is 5.56 Å². The topological polar surface area (TPSA) is 42.0 Å². The molecule has 0 fully saturated rings. The summed E-state index contributed by atoms with van der Waals surface area (Å²) in [6.45, 7) is 0. The van der Waals surface area contributed by atoms with Crippen LogP contribution in [0.25, 0.3) is 0 Å². The summed E-state index contributed by atoms with van der Waals surface area (Å²) >= 11 is 9.12. The lowest BCUT2D eigenvalue weighted by Gasteiger charge is -2.06. The Morgan fingerprint density at radius 2 is 1.94 bits per heavy atom. The number of amides is 1. The zero-order chi connectivity index (χ0) is 12.3. The largest absolute Gasteiger partial charge is 0.322 e. The molecule has 0 saturated carbocycles. The van der Waals surface area contributed by atoms with Crippen LogP contribution in [0.1, 0.15) is 10.4 Å². The third-order valence-corrected chi connectivity index (χ3v) is 3.01.